The number of aryl methyl sites for hydroxylation is 1. The van der Waals surface area contributed by atoms with E-state index in [9.17, 15) is 19.7 Å². The Morgan fingerprint density at radius 1 is 1.26 bits per heavy atom. The van der Waals surface area contributed by atoms with E-state index in [1.807, 2.05) is 13.0 Å². The first-order valence-corrected chi connectivity index (χ1v) is 7.30. The molecule has 23 heavy (non-hydrogen) atoms. The molecule has 1 aromatic carbocycles. The van der Waals surface area contributed by atoms with Crippen molar-refractivity contribution in [1.82, 2.24) is 10.9 Å². The second-order valence-electron chi connectivity index (χ2n) is 4.50. The Bertz CT molecular complexity index is 744. The number of nitrogens with zero attached hydrogens (tertiary/aromatic N) is 1. The Kier molecular flexibility index (Phi) is 5.26. The molecule has 0 atom stereocenters. The van der Waals surface area contributed by atoms with Crippen LogP contribution in [0, 0.1) is 17.0 Å². The molecule has 0 unspecified atom stereocenters. The second-order valence-corrected chi connectivity index (χ2v) is 5.56. The van der Waals surface area contributed by atoms with Crippen LogP contribution in [0.1, 0.15) is 15.2 Å². The number of hydrogen-bond donors (Lipinski definition) is 2. The second kappa shape index (κ2) is 7.36. The van der Waals surface area contributed by atoms with Crippen molar-refractivity contribution in [3.05, 3.63) is 57.0 Å². The fraction of sp³-hybridized carbons (Fsp3) is 0.143. The number of amides is 2. The quantitative estimate of drug-likeness (QED) is 0.639. The molecule has 2 amide bonds. The fourth-order valence-corrected chi connectivity index (χ4v) is 2.34. The van der Waals surface area contributed by atoms with E-state index < -0.39 is 16.7 Å². The minimum absolute atomic E-state index is 0.122. The highest BCUT2D eigenvalue weighted by Crippen LogP contribution is 2.23. The van der Waals surface area contributed by atoms with Crippen LogP contribution < -0.4 is 15.6 Å². The Morgan fingerprint density at radius 3 is 2.70 bits per heavy atom. The molecular weight excluding hydrogens is 322 g/mol. The molecular formula is C14H13N3O5S. The number of nitro groups is 1. The van der Waals surface area contributed by atoms with E-state index in [-0.39, 0.29) is 16.5 Å². The van der Waals surface area contributed by atoms with E-state index >= 15 is 0 Å². The van der Waals surface area contributed by atoms with Gasteiger partial charge < -0.3 is 4.74 Å². The molecule has 0 fully saturated rings. The summed E-state index contributed by atoms with van der Waals surface area (Å²) in [5.41, 5.74) is 5.34. The Morgan fingerprint density at radius 2 is 2.04 bits per heavy atom. The first-order valence-electron chi connectivity index (χ1n) is 6.48. The van der Waals surface area contributed by atoms with Crippen LogP contribution in [0.25, 0.3) is 0 Å². The zero-order chi connectivity index (χ0) is 16.8. The molecule has 0 radical (unpaired) electrons. The molecule has 1 aromatic heterocycles. The number of thiophene rings is 1. The number of rotatable bonds is 5. The number of hydrazine groups is 1. The van der Waals surface area contributed by atoms with Crippen LogP contribution in [0.5, 0.6) is 5.75 Å². The molecule has 0 spiro atoms. The van der Waals surface area contributed by atoms with E-state index in [0.29, 0.717) is 5.75 Å². The van der Waals surface area contributed by atoms with Gasteiger partial charge in [0.15, 0.2) is 6.61 Å². The molecule has 1 heterocycles. The van der Waals surface area contributed by atoms with Gasteiger partial charge in [-0.3, -0.25) is 30.6 Å². The molecule has 0 aliphatic heterocycles. The van der Waals surface area contributed by atoms with Gasteiger partial charge in [0.2, 0.25) is 0 Å². The predicted molar refractivity (Wildman–Crippen MR) is 83.3 cm³/mol. The average molecular weight is 335 g/mol. The summed E-state index contributed by atoms with van der Waals surface area (Å²) in [6.07, 6.45) is 0. The van der Waals surface area contributed by atoms with Crippen molar-refractivity contribution in [3.8, 4) is 5.75 Å². The third-order valence-electron chi connectivity index (χ3n) is 2.67. The number of carbonyl (C=O) groups excluding carboxylic acids is 2. The molecule has 0 bridgehead atoms. The molecule has 2 aromatic rings. The maximum atomic E-state index is 11.7. The minimum Gasteiger partial charge on any atom is -0.484 e. The van der Waals surface area contributed by atoms with Gasteiger partial charge in [-0.2, -0.15) is 0 Å². The third kappa shape index (κ3) is 4.78. The van der Waals surface area contributed by atoms with Gasteiger partial charge >= 0.3 is 5.00 Å². The standard InChI is InChI=1S/C14H13N3O5S/c1-9-3-2-4-10(7-9)22-8-12(18)15-16-14(19)11-5-6-13(23-11)17(20)21/h2-7H,8H2,1H3,(H,15,18)(H,16,19). The van der Waals surface area contributed by atoms with Crippen molar-refractivity contribution in [2.45, 2.75) is 6.92 Å². The lowest BCUT2D eigenvalue weighted by Gasteiger charge is -2.08. The van der Waals surface area contributed by atoms with Gasteiger partial charge in [0.1, 0.15) is 10.6 Å². The monoisotopic (exact) mass is 335 g/mol. The lowest BCUT2D eigenvalue weighted by molar-refractivity contribution is -0.380. The molecule has 2 N–H and O–H groups in total. The average Bonchev–Trinajstić information content (AvgIpc) is 3.01. The van der Waals surface area contributed by atoms with Gasteiger partial charge in [0, 0.05) is 6.07 Å². The first kappa shape index (κ1) is 16.4. The van der Waals surface area contributed by atoms with Gasteiger partial charge in [-0.1, -0.05) is 23.5 Å². The van der Waals surface area contributed by atoms with Gasteiger partial charge in [0.25, 0.3) is 11.8 Å². The van der Waals surface area contributed by atoms with E-state index in [1.165, 1.54) is 12.1 Å². The number of nitrogens with one attached hydrogen (secondary N) is 2. The van der Waals surface area contributed by atoms with Gasteiger partial charge in [-0.25, -0.2) is 0 Å². The SMILES string of the molecule is Cc1cccc(OCC(=O)NNC(=O)c2ccc([N+](=O)[O-])s2)c1. The summed E-state index contributed by atoms with van der Waals surface area (Å²) in [6, 6.07) is 9.72. The zero-order valence-electron chi connectivity index (χ0n) is 12.1. The van der Waals surface area contributed by atoms with Crippen LogP contribution in [-0.4, -0.2) is 23.3 Å². The van der Waals surface area contributed by atoms with Crippen molar-refractivity contribution in [3.63, 3.8) is 0 Å². The molecule has 0 aliphatic carbocycles. The molecule has 0 aliphatic rings. The summed E-state index contributed by atoms with van der Waals surface area (Å²) in [5.74, 6) is -0.640. The predicted octanol–water partition coefficient (Wildman–Crippen LogP) is 1.80. The summed E-state index contributed by atoms with van der Waals surface area (Å²) in [6.45, 7) is 1.63. The highest BCUT2D eigenvalue weighted by Gasteiger charge is 2.15. The third-order valence-corrected chi connectivity index (χ3v) is 3.71. The zero-order valence-corrected chi connectivity index (χ0v) is 12.9. The van der Waals surface area contributed by atoms with Crippen LogP contribution in [0.2, 0.25) is 0 Å². The maximum absolute atomic E-state index is 11.7. The minimum atomic E-state index is -0.632. The summed E-state index contributed by atoms with van der Waals surface area (Å²) in [4.78, 5) is 33.4. The summed E-state index contributed by atoms with van der Waals surface area (Å²) in [5, 5.41) is 10.4. The summed E-state index contributed by atoms with van der Waals surface area (Å²) in [7, 11) is 0. The molecule has 0 saturated carbocycles. The summed E-state index contributed by atoms with van der Waals surface area (Å²) >= 11 is 0.719. The van der Waals surface area contributed by atoms with Crippen LogP contribution in [-0.2, 0) is 4.79 Å². The fourth-order valence-electron chi connectivity index (χ4n) is 1.63. The molecule has 0 saturated heterocycles. The van der Waals surface area contributed by atoms with Crippen LogP contribution >= 0.6 is 11.3 Å². The normalized spacial score (nSPS) is 9.96. The lowest BCUT2D eigenvalue weighted by atomic mass is 10.2. The van der Waals surface area contributed by atoms with Gasteiger partial charge in [0.05, 0.1) is 4.92 Å². The van der Waals surface area contributed by atoms with Crippen molar-refractivity contribution >= 4 is 28.2 Å². The highest BCUT2D eigenvalue weighted by atomic mass is 32.1. The number of hydrogen-bond acceptors (Lipinski definition) is 6. The number of benzene rings is 1. The van der Waals surface area contributed by atoms with Crippen molar-refractivity contribution in [2.75, 3.05) is 6.61 Å². The van der Waals surface area contributed by atoms with Crippen LogP contribution in [0.15, 0.2) is 36.4 Å². The lowest BCUT2D eigenvalue weighted by Crippen LogP contribution is -2.43. The molecule has 120 valence electrons. The Labute approximate surface area is 135 Å². The highest BCUT2D eigenvalue weighted by molar-refractivity contribution is 7.17. The van der Waals surface area contributed by atoms with Crippen molar-refractivity contribution < 1.29 is 19.2 Å². The number of carbonyl (C=O) groups is 2. The van der Waals surface area contributed by atoms with E-state index in [2.05, 4.69) is 10.9 Å². The summed E-state index contributed by atoms with van der Waals surface area (Å²) < 4.78 is 5.27. The molecule has 2 rings (SSSR count). The largest absolute Gasteiger partial charge is 0.484 e. The van der Waals surface area contributed by atoms with E-state index in [0.717, 1.165) is 16.9 Å². The molecule has 8 nitrogen and oxygen atoms in total. The Balaban J connectivity index is 1.79. The smallest absolute Gasteiger partial charge is 0.324 e. The van der Waals surface area contributed by atoms with Gasteiger partial charge in [-0.05, 0) is 30.7 Å². The van der Waals surface area contributed by atoms with Crippen LogP contribution in [0.3, 0.4) is 0 Å². The maximum Gasteiger partial charge on any atom is 0.324 e. The van der Waals surface area contributed by atoms with Crippen molar-refractivity contribution in [1.29, 1.82) is 0 Å². The number of ether oxygens (including phenoxy) is 1. The topological polar surface area (TPSA) is 111 Å². The first-order chi connectivity index (χ1) is 11.0. The van der Waals surface area contributed by atoms with E-state index in [1.54, 1.807) is 18.2 Å². The van der Waals surface area contributed by atoms with Gasteiger partial charge in [-0.15, -0.1) is 0 Å². The van der Waals surface area contributed by atoms with Crippen LogP contribution in [0.4, 0.5) is 5.00 Å². The van der Waals surface area contributed by atoms with Crippen molar-refractivity contribution in [2.24, 2.45) is 0 Å². The van der Waals surface area contributed by atoms with E-state index in [4.69, 9.17) is 4.74 Å². The Hall–Kier alpha value is -2.94. The molecule has 9 heteroatoms.